The van der Waals surface area contributed by atoms with E-state index in [1.807, 2.05) is 0 Å². The van der Waals surface area contributed by atoms with Gasteiger partial charge >= 0.3 is 5.97 Å². The molecule has 0 aliphatic heterocycles. The SMILES string of the molecule is CCOC(=O)c1cccc(OCC(=O)Nc2cccnc2Cl)c1. The maximum absolute atomic E-state index is 11.8. The Balaban J connectivity index is 1.93. The maximum atomic E-state index is 11.8. The zero-order chi connectivity index (χ0) is 16.7. The van der Waals surface area contributed by atoms with Crippen molar-refractivity contribution in [1.29, 1.82) is 0 Å². The smallest absolute Gasteiger partial charge is 0.338 e. The number of hydrogen-bond donors (Lipinski definition) is 1. The minimum absolute atomic E-state index is 0.199. The molecule has 7 heteroatoms. The largest absolute Gasteiger partial charge is 0.484 e. The number of ether oxygens (including phenoxy) is 2. The van der Waals surface area contributed by atoms with E-state index in [2.05, 4.69) is 10.3 Å². The van der Waals surface area contributed by atoms with Gasteiger partial charge in [-0.2, -0.15) is 0 Å². The molecule has 1 N–H and O–H groups in total. The molecule has 0 bridgehead atoms. The minimum Gasteiger partial charge on any atom is -0.484 e. The third-order valence-electron chi connectivity index (χ3n) is 2.75. The summed E-state index contributed by atoms with van der Waals surface area (Å²) in [6, 6.07) is 9.72. The van der Waals surface area contributed by atoms with E-state index in [4.69, 9.17) is 21.1 Å². The first kappa shape index (κ1) is 16.8. The molecule has 0 radical (unpaired) electrons. The lowest BCUT2D eigenvalue weighted by molar-refractivity contribution is -0.118. The Morgan fingerprint density at radius 2 is 2.09 bits per heavy atom. The molecule has 0 spiro atoms. The number of carbonyl (C=O) groups excluding carboxylic acids is 2. The van der Waals surface area contributed by atoms with Gasteiger partial charge < -0.3 is 14.8 Å². The van der Waals surface area contributed by atoms with Gasteiger partial charge in [-0.15, -0.1) is 0 Å². The molecule has 2 aromatic rings. The van der Waals surface area contributed by atoms with Crippen molar-refractivity contribution in [3.63, 3.8) is 0 Å². The Kier molecular flexibility index (Phi) is 5.94. The molecule has 120 valence electrons. The van der Waals surface area contributed by atoms with E-state index in [9.17, 15) is 9.59 Å². The Morgan fingerprint density at radius 3 is 2.83 bits per heavy atom. The van der Waals surface area contributed by atoms with Crippen LogP contribution < -0.4 is 10.1 Å². The third-order valence-corrected chi connectivity index (χ3v) is 3.05. The highest BCUT2D eigenvalue weighted by atomic mass is 35.5. The molecule has 6 nitrogen and oxygen atoms in total. The number of nitrogens with one attached hydrogen (secondary N) is 1. The molecule has 1 amide bonds. The van der Waals surface area contributed by atoms with Crippen molar-refractivity contribution < 1.29 is 19.1 Å². The van der Waals surface area contributed by atoms with E-state index in [1.54, 1.807) is 37.3 Å². The number of carbonyl (C=O) groups is 2. The average molecular weight is 335 g/mol. The Morgan fingerprint density at radius 1 is 1.26 bits per heavy atom. The molecule has 0 saturated carbocycles. The van der Waals surface area contributed by atoms with Gasteiger partial charge in [0.15, 0.2) is 11.8 Å². The Bertz CT molecular complexity index is 706. The van der Waals surface area contributed by atoms with Crippen molar-refractivity contribution in [3.05, 3.63) is 53.3 Å². The van der Waals surface area contributed by atoms with Crippen LogP contribution in [0.2, 0.25) is 5.15 Å². The molecule has 1 aromatic carbocycles. The number of aromatic nitrogens is 1. The van der Waals surface area contributed by atoms with Crippen molar-refractivity contribution in [3.8, 4) is 5.75 Å². The quantitative estimate of drug-likeness (QED) is 0.649. The van der Waals surface area contributed by atoms with E-state index in [-0.39, 0.29) is 24.3 Å². The average Bonchev–Trinajstić information content (AvgIpc) is 2.56. The predicted octanol–water partition coefficient (Wildman–Crippen LogP) is 2.93. The van der Waals surface area contributed by atoms with Gasteiger partial charge in [0.1, 0.15) is 5.75 Å². The van der Waals surface area contributed by atoms with E-state index in [0.29, 0.717) is 17.0 Å². The van der Waals surface area contributed by atoms with Crippen molar-refractivity contribution in [2.45, 2.75) is 6.92 Å². The van der Waals surface area contributed by atoms with Crippen LogP contribution in [0.4, 0.5) is 5.69 Å². The fraction of sp³-hybridized carbons (Fsp3) is 0.188. The summed E-state index contributed by atoms with van der Waals surface area (Å²) < 4.78 is 10.3. The van der Waals surface area contributed by atoms with Crippen molar-refractivity contribution >= 4 is 29.2 Å². The summed E-state index contributed by atoms with van der Waals surface area (Å²) in [5.41, 5.74) is 0.767. The van der Waals surface area contributed by atoms with Gasteiger partial charge in [-0.3, -0.25) is 4.79 Å². The van der Waals surface area contributed by atoms with Crippen LogP contribution in [-0.4, -0.2) is 30.1 Å². The third kappa shape index (κ3) is 4.96. The first-order valence-corrected chi connectivity index (χ1v) is 7.28. The summed E-state index contributed by atoms with van der Waals surface area (Å²) >= 11 is 5.85. The lowest BCUT2D eigenvalue weighted by Gasteiger charge is -2.09. The molecule has 2 rings (SSSR count). The van der Waals surface area contributed by atoms with Crippen molar-refractivity contribution in [1.82, 2.24) is 4.98 Å². The van der Waals surface area contributed by atoms with Crippen LogP contribution in [0.25, 0.3) is 0 Å². The van der Waals surface area contributed by atoms with Gasteiger partial charge in [-0.05, 0) is 37.3 Å². The summed E-state index contributed by atoms with van der Waals surface area (Å²) in [6.45, 7) is 1.79. The predicted molar refractivity (Wildman–Crippen MR) is 85.8 cm³/mol. The summed E-state index contributed by atoms with van der Waals surface area (Å²) in [5, 5.41) is 2.79. The van der Waals surface area contributed by atoms with Gasteiger partial charge in [-0.1, -0.05) is 17.7 Å². The van der Waals surface area contributed by atoms with Gasteiger partial charge in [0.05, 0.1) is 17.9 Å². The number of pyridine rings is 1. The van der Waals surface area contributed by atoms with Gasteiger partial charge in [-0.25, -0.2) is 9.78 Å². The van der Waals surface area contributed by atoms with Gasteiger partial charge in [0, 0.05) is 6.20 Å². The molecule has 1 heterocycles. The highest BCUT2D eigenvalue weighted by Crippen LogP contribution is 2.18. The number of esters is 1. The number of anilines is 1. The molecule has 0 atom stereocenters. The number of rotatable bonds is 6. The topological polar surface area (TPSA) is 77.5 Å². The van der Waals surface area contributed by atoms with Crippen molar-refractivity contribution in [2.75, 3.05) is 18.5 Å². The van der Waals surface area contributed by atoms with Crippen LogP contribution in [0.15, 0.2) is 42.6 Å². The standard InChI is InChI=1S/C16H15ClN2O4/c1-2-22-16(21)11-5-3-6-12(9-11)23-10-14(20)19-13-7-4-8-18-15(13)17/h3-9H,2,10H2,1H3,(H,19,20). The van der Waals surface area contributed by atoms with E-state index >= 15 is 0 Å². The second-order valence-corrected chi connectivity index (χ2v) is 4.78. The highest BCUT2D eigenvalue weighted by molar-refractivity contribution is 6.32. The second-order valence-electron chi connectivity index (χ2n) is 4.43. The molecule has 0 aliphatic carbocycles. The number of amides is 1. The fourth-order valence-corrected chi connectivity index (χ4v) is 1.91. The van der Waals surface area contributed by atoms with Crippen LogP contribution in [0, 0.1) is 0 Å². The minimum atomic E-state index is -0.440. The molecule has 1 aromatic heterocycles. The Labute approximate surface area is 138 Å². The van der Waals surface area contributed by atoms with Crippen LogP contribution in [0.3, 0.4) is 0 Å². The van der Waals surface area contributed by atoms with Crippen LogP contribution in [-0.2, 0) is 9.53 Å². The first-order chi connectivity index (χ1) is 11.1. The lowest BCUT2D eigenvalue weighted by atomic mass is 10.2. The normalized spacial score (nSPS) is 10.0. The van der Waals surface area contributed by atoms with Crippen LogP contribution in [0.1, 0.15) is 17.3 Å². The molecule has 0 saturated heterocycles. The zero-order valence-corrected chi connectivity index (χ0v) is 13.2. The molecular formula is C16H15ClN2O4. The molecule has 0 fully saturated rings. The molecule has 23 heavy (non-hydrogen) atoms. The summed E-state index contributed by atoms with van der Waals surface area (Å²) in [7, 11) is 0. The lowest BCUT2D eigenvalue weighted by Crippen LogP contribution is -2.20. The number of nitrogens with zero attached hydrogens (tertiary/aromatic N) is 1. The van der Waals surface area contributed by atoms with Crippen LogP contribution in [0.5, 0.6) is 5.75 Å². The van der Waals surface area contributed by atoms with Crippen LogP contribution >= 0.6 is 11.6 Å². The highest BCUT2D eigenvalue weighted by Gasteiger charge is 2.10. The van der Waals surface area contributed by atoms with Gasteiger partial charge in [0.25, 0.3) is 5.91 Å². The number of benzene rings is 1. The van der Waals surface area contributed by atoms with E-state index in [0.717, 1.165) is 0 Å². The summed E-state index contributed by atoms with van der Waals surface area (Å²) in [4.78, 5) is 27.3. The first-order valence-electron chi connectivity index (χ1n) is 6.90. The molecule has 0 aliphatic rings. The van der Waals surface area contributed by atoms with E-state index < -0.39 is 5.97 Å². The maximum Gasteiger partial charge on any atom is 0.338 e. The summed E-state index contributed by atoms with van der Waals surface area (Å²) in [5.74, 6) is -0.436. The zero-order valence-electron chi connectivity index (χ0n) is 12.4. The molecule has 0 unspecified atom stereocenters. The number of hydrogen-bond acceptors (Lipinski definition) is 5. The Hall–Kier alpha value is -2.60. The number of halogens is 1. The second kappa shape index (κ2) is 8.14. The van der Waals surface area contributed by atoms with E-state index in [1.165, 1.54) is 12.3 Å². The molecular weight excluding hydrogens is 320 g/mol. The van der Waals surface area contributed by atoms with Gasteiger partial charge in [0.2, 0.25) is 0 Å². The fourth-order valence-electron chi connectivity index (χ4n) is 1.74. The monoisotopic (exact) mass is 334 g/mol. The van der Waals surface area contributed by atoms with Crippen molar-refractivity contribution in [2.24, 2.45) is 0 Å². The summed E-state index contributed by atoms with van der Waals surface area (Å²) in [6.07, 6.45) is 1.52.